The zero-order valence-corrected chi connectivity index (χ0v) is 12.5. The number of unbranched alkanes of at least 4 members (excludes halogenated alkanes) is 2. The van der Waals surface area contributed by atoms with Gasteiger partial charge in [0, 0.05) is 17.4 Å². The molecule has 0 saturated heterocycles. The van der Waals surface area contributed by atoms with Gasteiger partial charge in [-0.1, -0.05) is 44.0 Å². The number of hydrogen-bond acceptors (Lipinski definition) is 1. The number of Topliss-reactive ketones (excluding diaryl/α,β-unsaturated/α-hetero) is 1. The Morgan fingerprint density at radius 3 is 2.53 bits per heavy atom. The Hall–Kier alpha value is -0.820. The number of hydrogen-bond donors (Lipinski definition) is 0. The van der Waals surface area contributed by atoms with Crippen LogP contribution in [0, 0.1) is 0 Å². The highest BCUT2D eigenvalue weighted by molar-refractivity contribution is 6.20. The highest BCUT2D eigenvalue weighted by Gasteiger charge is 2.24. The molecule has 1 fully saturated rings. The van der Waals surface area contributed by atoms with Crippen LogP contribution in [0.1, 0.15) is 73.7 Å². The predicted molar refractivity (Wildman–Crippen MR) is 81.1 cm³/mol. The molecule has 104 valence electrons. The van der Waals surface area contributed by atoms with E-state index in [2.05, 4.69) is 19.1 Å². The topological polar surface area (TPSA) is 17.1 Å². The number of benzene rings is 1. The molecule has 0 aromatic heterocycles. The lowest BCUT2D eigenvalue weighted by atomic mass is 9.95. The first kappa shape index (κ1) is 14.6. The number of carbonyl (C=O) groups excluding carboxylic acids is 1. The number of ketones is 1. The van der Waals surface area contributed by atoms with Crippen molar-refractivity contribution >= 4 is 17.4 Å². The minimum Gasteiger partial charge on any atom is -0.294 e. The Morgan fingerprint density at radius 1 is 1.21 bits per heavy atom. The standard InChI is InChI=1S/C17H23ClO/c1-2-3-4-5-17(19)14-8-6-13(7-9-14)15-10-11-16(18)12-15/h6-9,15-16H,2-5,10-12H2,1H3/t15-,16+/m0/s1. The van der Waals surface area contributed by atoms with Crippen molar-refractivity contribution in [3.05, 3.63) is 35.4 Å². The summed E-state index contributed by atoms with van der Waals surface area (Å²) in [6.45, 7) is 2.16. The van der Waals surface area contributed by atoms with E-state index in [1.54, 1.807) is 0 Å². The van der Waals surface area contributed by atoms with Crippen LogP contribution < -0.4 is 0 Å². The number of carbonyl (C=O) groups is 1. The van der Waals surface area contributed by atoms with E-state index in [-0.39, 0.29) is 5.78 Å². The molecule has 1 aliphatic rings. The Balaban J connectivity index is 1.92. The van der Waals surface area contributed by atoms with E-state index < -0.39 is 0 Å². The third-order valence-electron chi connectivity index (χ3n) is 4.08. The smallest absolute Gasteiger partial charge is 0.162 e. The van der Waals surface area contributed by atoms with Gasteiger partial charge in [0.2, 0.25) is 0 Å². The summed E-state index contributed by atoms with van der Waals surface area (Å²) in [5.41, 5.74) is 2.20. The minimum absolute atomic E-state index is 0.279. The van der Waals surface area contributed by atoms with E-state index in [0.29, 0.717) is 17.7 Å². The van der Waals surface area contributed by atoms with Crippen molar-refractivity contribution in [3.63, 3.8) is 0 Å². The molecule has 1 aromatic carbocycles. The molecule has 0 amide bonds. The minimum atomic E-state index is 0.279. The van der Waals surface area contributed by atoms with Crippen molar-refractivity contribution < 1.29 is 4.79 Å². The van der Waals surface area contributed by atoms with Crippen molar-refractivity contribution in [1.82, 2.24) is 0 Å². The van der Waals surface area contributed by atoms with E-state index in [0.717, 1.165) is 37.7 Å². The Kier molecular flexibility index (Phi) is 5.45. The zero-order chi connectivity index (χ0) is 13.7. The van der Waals surface area contributed by atoms with Gasteiger partial charge in [0.25, 0.3) is 0 Å². The second-order valence-corrected chi connectivity index (χ2v) is 6.23. The summed E-state index contributed by atoms with van der Waals surface area (Å²) in [5, 5.41) is 0.334. The van der Waals surface area contributed by atoms with Crippen molar-refractivity contribution in [1.29, 1.82) is 0 Å². The van der Waals surface area contributed by atoms with Crippen molar-refractivity contribution in [2.45, 2.75) is 63.2 Å². The lowest BCUT2D eigenvalue weighted by Crippen LogP contribution is -2.00. The lowest BCUT2D eigenvalue weighted by molar-refractivity contribution is 0.0979. The van der Waals surface area contributed by atoms with Gasteiger partial charge in [-0.15, -0.1) is 11.6 Å². The highest BCUT2D eigenvalue weighted by Crippen LogP contribution is 2.37. The van der Waals surface area contributed by atoms with Crippen LogP contribution in [0.2, 0.25) is 0 Å². The lowest BCUT2D eigenvalue weighted by Gasteiger charge is -2.10. The molecule has 2 rings (SSSR count). The quantitative estimate of drug-likeness (QED) is 0.391. The van der Waals surface area contributed by atoms with Crippen LogP contribution in [-0.4, -0.2) is 11.2 Å². The third-order valence-corrected chi connectivity index (χ3v) is 4.48. The van der Waals surface area contributed by atoms with Gasteiger partial charge in [-0.3, -0.25) is 4.79 Å². The van der Waals surface area contributed by atoms with Crippen LogP contribution in [0.15, 0.2) is 24.3 Å². The van der Waals surface area contributed by atoms with Crippen LogP contribution in [-0.2, 0) is 0 Å². The first-order valence-corrected chi connectivity index (χ1v) is 7.91. The van der Waals surface area contributed by atoms with Gasteiger partial charge >= 0.3 is 0 Å². The Labute approximate surface area is 121 Å². The first-order chi connectivity index (χ1) is 9.20. The molecule has 0 aliphatic heterocycles. The van der Waals surface area contributed by atoms with Crippen molar-refractivity contribution in [2.75, 3.05) is 0 Å². The van der Waals surface area contributed by atoms with Gasteiger partial charge in [-0.2, -0.15) is 0 Å². The fourth-order valence-corrected chi connectivity index (χ4v) is 3.19. The van der Waals surface area contributed by atoms with Gasteiger partial charge in [0.05, 0.1) is 0 Å². The first-order valence-electron chi connectivity index (χ1n) is 7.48. The number of rotatable bonds is 6. The van der Waals surface area contributed by atoms with Crippen LogP contribution in [0.5, 0.6) is 0 Å². The summed E-state index contributed by atoms with van der Waals surface area (Å²) < 4.78 is 0. The summed E-state index contributed by atoms with van der Waals surface area (Å²) in [6, 6.07) is 8.22. The molecule has 0 bridgehead atoms. The van der Waals surface area contributed by atoms with Crippen LogP contribution >= 0.6 is 11.6 Å². The molecule has 1 saturated carbocycles. The fraction of sp³-hybridized carbons (Fsp3) is 0.588. The number of alkyl halides is 1. The molecule has 0 radical (unpaired) electrons. The Bertz CT molecular complexity index is 410. The van der Waals surface area contributed by atoms with Gasteiger partial charge in [-0.05, 0) is 37.2 Å². The molecule has 0 N–H and O–H groups in total. The van der Waals surface area contributed by atoms with E-state index >= 15 is 0 Å². The van der Waals surface area contributed by atoms with Gasteiger partial charge < -0.3 is 0 Å². The van der Waals surface area contributed by atoms with Gasteiger partial charge in [0.1, 0.15) is 0 Å². The summed E-state index contributed by atoms with van der Waals surface area (Å²) in [6.07, 6.45) is 7.36. The SMILES string of the molecule is CCCCCC(=O)c1ccc([C@H]2CC[C@@H](Cl)C2)cc1. The van der Waals surface area contributed by atoms with Crippen molar-refractivity contribution in [3.8, 4) is 0 Å². The molecule has 2 atom stereocenters. The predicted octanol–water partition coefficient (Wildman–Crippen LogP) is 5.32. The van der Waals surface area contributed by atoms with E-state index in [9.17, 15) is 4.79 Å². The van der Waals surface area contributed by atoms with Crippen LogP contribution in [0.4, 0.5) is 0 Å². The average molecular weight is 279 g/mol. The highest BCUT2D eigenvalue weighted by atomic mass is 35.5. The summed E-state index contributed by atoms with van der Waals surface area (Å²) in [7, 11) is 0. The fourth-order valence-electron chi connectivity index (χ4n) is 2.85. The molecule has 19 heavy (non-hydrogen) atoms. The monoisotopic (exact) mass is 278 g/mol. The molecule has 0 unspecified atom stereocenters. The largest absolute Gasteiger partial charge is 0.294 e. The molecule has 0 spiro atoms. The molecular formula is C17H23ClO. The summed E-state index contributed by atoms with van der Waals surface area (Å²) >= 11 is 6.16. The van der Waals surface area contributed by atoms with Crippen LogP contribution in [0.25, 0.3) is 0 Å². The van der Waals surface area contributed by atoms with E-state index in [1.165, 1.54) is 12.0 Å². The molecular weight excluding hydrogens is 256 g/mol. The van der Waals surface area contributed by atoms with Gasteiger partial charge in [-0.25, -0.2) is 0 Å². The third kappa shape index (κ3) is 4.07. The molecule has 1 aliphatic carbocycles. The molecule has 1 aromatic rings. The normalized spacial score (nSPS) is 22.6. The molecule has 2 heteroatoms. The second kappa shape index (κ2) is 7.09. The summed E-state index contributed by atoms with van der Waals surface area (Å²) in [5.74, 6) is 0.869. The average Bonchev–Trinajstić information content (AvgIpc) is 2.86. The second-order valence-electron chi connectivity index (χ2n) is 5.61. The zero-order valence-electron chi connectivity index (χ0n) is 11.7. The Morgan fingerprint density at radius 2 is 1.95 bits per heavy atom. The van der Waals surface area contributed by atoms with Gasteiger partial charge in [0.15, 0.2) is 5.78 Å². The number of halogens is 1. The molecule has 1 nitrogen and oxygen atoms in total. The maximum atomic E-state index is 12.0. The maximum Gasteiger partial charge on any atom is 0.162 e. The maximum absolute atomic E-state index is 12.0. The molecule has 0 heterocycles. The van der Waals surface area contributed by atoms with E-state index in [4.69, 9.17) is 11.6 Å². The van der Waals surface area contributed by atoms with E-state index in [1.807, 2.05) is 12.1 Å². The van der Waals surface area contributed by atoms with Crippen molar-refractivity contribution in [2.24, 2.45) is 0 Å². The summed E-state index contributed by atoms with van der Waals surface area (Å²) in [4.78, 5) is 12.0. The van der Waals surface area contributed by atoms with Crippen LogP contribution in [0.3, 0.4) is 0 Å².